The van der Waals surface area contributed by atoms with Crippen molar-refractivity contribution in [2.75, 3.05) is 0 Å². The van der Waals surface area contributed by atoms with Crippen LogP contribution < -0.4 is 14.6 Å². The van der Waals surface area contributed by atoms with Gasteiger partial charge < -0.3 is 14.2 Å². The zero-order valence-corrected chi connectivity index (χ0v) is 19.7. The monoisotopic (exact) mass is 455 g/mol. The molecule has 0 aliphatic heterocycles. The third-order valence-corrected chi connectivity index (χ3v) is 5.24. The first-order valence-corrected chi connectivity index (χ1v) is 11.7. The number of hydrogen-bond donors (Lipinski definition) is 2. The highest BCUT2D eigenvalue weighted by Gasteiger charge is 2.25. The lowest BCUT2D eigenvalue weighted by molar-refractivity contribution is 0.0503. The molecule has 1 aromatic heterocycles. The first-order valence-electron chi connectivity index (χ1n) is 9.39. The molecule has 0 radical (unpaired) electrons. The molecule has 2 rings (SSSR count). The number of hydrogen-bond acceptors (Lipinski definition) is 7. The number of carbonyl (C=O) groups is 1. The van der Waals surface area contributed by atoms with Gasteiger partial charge in [-0.2, -0.15) is 13.6 Å². The maximum atomic E-state index is 12.4. The third kappa shape index (κ3) is 7.92. The van der Waals surface area contributed by atoms with Crippen LogP contribution in [0.2, 0.25) is 0 Å². The summed E-state index contributed by atoms with van der Waals surface area (Å²) < 4.78 is 32.2. The molecule has 3 N–H and O–H groups in total. The smallest absolute Gasteiger partial charge is 0.408 e. The lowest BCUT2D eigenvalue weighted by atomic mass is 9.93. The Morgan fingerprint density at radius 2 is 1.77 bits per heavy atom. The SMILES string of the molecule is CC(C)(C)OC(=O)NC(Cc1ccc(OS(N)(=O)=O)cc1)c1nc(C(C)(C)C)cs1. The minimum Gasteiger partial charge on any atom is -0.444 e. The van der Waals surface area contributed by atoms with E-state index >= 15 is 0 Å². The Morgan fingerprint density at radius 1 is 1.17 bits per heavy atom. The van der Waals surface area contributed by atoms with E-state index in [0.29, 0.717) is 6.42 Å². The zero-order valence-electron chi connectivity index (χ0n) is 18.1. The molecule has 0 aliphatic rings. The van der Waals surface area contributed by atoms with Gasteiger partial charge in [0.2, 0.25) is 0 Å². The van der Waals surface area contributed by atoms with E-state index in [-0.39, 0.29) is 11.2 Å². The van der Waals surface area contributed by atoms with Gasteiger partial charge in [0.1, 0.15) is 16.4 Å². The Kier molecular flexibility index (Phi) is 7.16. The fourth-order valence-corrected chi connectivity index (χ4v) is 3.97. The molecule has 166 valence electrons. The van der Waals surface area contributed by atoms with E-state index in [9.17, 15) is 13.2 Å². The summed E-state index contributed by atoms with van der Waals surface area (Å²) >= 11 is 1.47. The van der Waals surface area contributed by atoms with Gasteiger partial charge in [0, 0.05) is 10.8 Å². The van der Waals surface area contributed by atoms with Gasteiger partial charge in [-0.1, -0.05) is 32.9 Å². The van der Waals surface area contributed by atoms with Crippen molar-refractivity contribution in [3.8, 4) is 5.75 Å². The molecule has 1 heterocycles. The normalized spacial score (nSPS) is 13.6. The number of ether oxygens (including phenoxy) is 1. The highest BCUT2D eigenvalue weighted by molar-refractivity contribution is 7.84. The molecule has 1 amide bonds. The van der Waals surface area contributed by atoms with E-state index in [2.05, 4.69) is 30.3 Å². The molecule has 30 heavy (non-hydrogen) atoms. The number of nitrogens with one attached hydrogen (secondary N) is 1. The number of thiazole rings is 1. The van der Waals surface area contributed by atoms with Crippen molar-refractivity contribution in [2.24, 2.45) is 5.14 Å². The van der Waals surface area contributed by atoms with Crippen LogP contribution in [0, 0.1) is 0 Å². The van der Waals surface area contributed by atoms with E-state index in [1.165, 1.54) is 23.5 Å². The zero-order chi connectivity index (χ0) is 22.7. The van der Waals surface area contributed by atoms with E-state index in [0.717, 1.165) is 16.3 Å². The highest BCUT2D eigenvalue weighted by atomic mass is 32.2. The molecule has 0 fully saturated rings. The minimum absolute atomic E-state index is 0.113. The fraction of sp³-hybridized carbons (Fsp3) is 0.500. The Balaban J connectivity index is 2.25. The summed E-state index contributed by atoms with van der Waals surface area (Å²) in [7, 11) is -4.08. The molecular weight excluding hydrogens is 426 g/mol. The van der Waals surface area contributed by atoms with Crippen molar-refractivity contribution >= 4 is 27.7 Å². The number of rotatable bonds is 6. The van der Waals surface area contributed by atoms with Crippen molar-refractivity contribution < 1.29 is 22.1 Å². The summed E-state index contributed by atoms with van der Waals surface area (Å²) in [5.41, 5.74) is 1.05. The third-order valence-electron chi connectivity index (χ3n) is 3.85. The quantitative estimate of drug-likeness (QED) is 0.683. The highest BCUT2D eigenvalue weighted by Crippen LogP contribution is 2.29. The Bertz CT molecular complexity index is 971. The van der Waals surface area contributed by atoms with Crippen LogP contribution in [-0.2, 0) is 26.9 Å². The van der Waals surface area contributed by atoms with Crippen LogP contribution in [0.15, 0.2) is 29.6 Å². The van der Waals surface area contributed by atoms with E-state index in [1.807, 2.05) is 5.38 Å². The van der Waals surface area contributed by atoms with Crippen LogP contribution in [-0.4, -0.2) is 25.1 Å². The van der Waals surface area contributed by atoms with Gasteiger partial charge in [0.15, 0.2) is 0 Å². The molecule has 1 atom stereocenters. The maximum absolute atomic E-state index is 12.4. The summed E-state index contributed by atoms with van der Waals surface area (Å²) in [5.74, 6) is 0.113. The van der Waals surface area contributed by atoms with Crippen molar-refractivity contribution in [2.45, 2.75) is 65.0 Å². The first-order chi connectivity index (χ1) is 13.6. The molecule has 2 aromatic rings. The first kappa shape index (κ1) is 24.1. The molecule has 0 spiro atoms. The standard InChI is InChI=1S/C20H29N3O5S2/c1-19(2,3)16-12-29-17(23-16)15(22-18(24)27-20(4,5)6)11-13-7-9-14(10-8-13)28-30(21,25)26/h7-10,12,15H,11H2,1-6H3,(H,22,24)(H2,21,25,26). The summed E-state index contributed by atoms with van der Waals surface area (Å²) in [4.78, 5) is 17.1. The number of amides is 1. The molecule has 0 bridgehead atoms. The van der Waals surface area contributed by atoms with Crippen LogP contribution in [0.25, 0.3) is 0 Å². The lowest BCUT2D eigenvalue weighted by Crippen LogP contribution is -2.35. The van der Waals surface area contributed by atoms with E-state index < -0.39 is 28.0 Å². The van der Waals surface area contributed by atoms with Gasteiger partial charge in [-0.05, 0) is 44.9 Å². The largest absolute Gasteiger partial charge is 0.444 e. The number of nitrogens with two attached hydrogens (primary N) is 1. The molecule has 0 saturated heterocycles. The van der Waals surface area contributed by atoms with Crippen molar-refractivity contribution in [3.05, 3.63) is 45.9 Å². The number of alkyl carbamates (subject to hydrolysis) is 1. The number of nitrogens with zero attached hydrogens (tertiary/aromatic N) is 1. The average molecular weight is 456 g/mol. The van der Waals surface area contributed by atoms with Crippen LogP contribution in [0.4, 0.5) is 4.79 Å². The summed E-state index contributed by atoms with van der Waals surface area (Å²) in [6.45, 7) is 11.6. The van der Waals surface area contributed by atoms with Crippen LogP contribution in [0.1, 0.15) is 63.8 Å². The van der Waals surface area contributed by atoms with Crippen molar-refractivity contribution in [1.29, 1.82) is 0 Å². The molecule has 1 aromatic carbocycles. The Morgan fingerprint density at radius 3 is 2.23 bits per heavy atom. The summed E-state index contributed by atoms with van der Waals surface area (Å²) in [5, 5.41) is 10.5. The van der Waals surface area contributed by atoms with Gasteiger partial charge in [0.05, 0.1) is 11.7 Å². The average Bonchev–Trinajstić information content (AvgIpc) is 3.03. The fourth-order valence-electron chi connectivity index (χ4n) is 2.49. The Hall–Kier alpha value is -2.17. The van der Waals surface area contributed by atoms with Gasteiger partial charge in [-0.15, -0.1) is 11.3 Å². The van der Waals surface area contributed by atoms with Gasteiger partial charge in [-0.3, -0.25) is 0 Å². The summed E-state index contributed by atoms with van der Waals surface area (Å²) in [6, 6.07) is 6.02. The molecular formula is C20H29N3O5S2. The van der Waals surface area contributed by atoms with Gasteiger partial charge in [0.25, 0.3) is 0 Å². The molecule has 0 saturated carbocycles. The second-order valence-corrected chi connectivity index (χ2v) is 11.0. The van der Waals surface area contributed by atoms with Crippen LogP contribution >= 0.6 is 11.3 Å². The minimum atomic E-state index is -4.08. The Labute approximate surface area is 182 Å². The number of benzene rings is 1. The predicted molar refractivity (Wildman–Crippen MR) is 117 cm³/mol. The molecule has 1 unspecified atom stereocenters. The molecule has 8 nitrogen and oxygen atoms in total. The summed E-state index contributed by atoms with van der Waals surface area (Å²) in [6.07, 6.45) is -0.0967. The lowest BCUT2D eigenvalue weighted by Gasteiger charge is -2.23. The van der Waals surface area contributed by atoms with Gasteiger partial charge >= 0.3 is 16.4 Å². The van der Waals surface area contributed by atoms with E-state index in [1.54, 1.807) is 32.9 Å². The van der Waals surface area contributed by atoms with Crippen LogP contribution in [0.5, 0.6) is 5.75 Å². The molecule has 10 heteroatoms. The number of aromatic nitrogens is 1. The molecule has 0 aliphatic carbocycles. The topological polar surface area (TPSA) is 121 Å². The second kappa shape index (κ2) is 8.91. The van der Waals surface area contributed by atoms with Crippen molar-refractivity contribution in [3.63, 3.8) is 0 Å². The maximum Gasteiger partial charge on any atom is 0.408 e. The number of carbonyl (C=O) groups excluding carboxylic acids is 1. The predicted octanol–water partition coefficient (Wildman–Crippen LogP) is 3.83. The van der Waals surface area contributed by atoms with Crippen LogP contribution in [0.3, 0.4) is 0 Å². The van der Waals surface area contributed by atoms with E-state index in [4.69, 9.17) is 14.9 Å². The van der Waals surface area contributed by atoms with Gasteiger partial charge in [-0.25, -0.2) is 9.78 Å². The van der Waals surface area contributed by atoms with Crippen molar-refractivity contribution in [1.82, 2.24) is 10.3 Å². The second-order valence-electron chi connectivity index (χ2n) is 8.94.